The number of hydrogen-bond donors (Lipinski definition) is 2. The smallest absolute Gasteiger partial charge is 0.461 e. The third-order valence-electron chi connectivity index (χ3n) is 6.66. The molecule has 218 valence electrons. The number of hydrogen-bond acceptors (Lipinski definition) is 3. The maximum absolute atomic E-state index is 14.9. The van der Waals surface area contributed by atoms with Crippen molar-refractivity contribution in [1.82, 2.24) is 10.2 Å². The van der Waals surface area contributed by atoms with Crippen LogP contribution in [0.2, 0.25) is 0 Å². The Morgan fingerprint density at radius 3 is 2.24 bits per heavy atom. The van der Waals surface area contributed by atoms with Gasteiger partial charge in [-0.05, 0) is 41.0 Å². The van der Waals surface area contributed by atoms with Crippen molar-refractivity contribution in [2.24, 2.45) is 0 Å². The first-order valence-electron chi connectivity index (χ1n) is 12.2. The molecule has 3 unspecified atom stereocenters. The fourth-order valence-corrected chi connectivity index (χ4v) is 4.80. The number of nitrogens with zero attached hydrogens (tertiary/aromatic N) is 1. The molecule has 1 aliphatic heterocycles. The molecule has 1 aliphatic rings. The van der Waals surface area contributed by atoms with E-state index in [1.807, 2.05) is 0 Å². The highest BCUT2D eigenvalue weighted by atomic mass is 19.3. The van der Waals surface area contributed by atoms with Crippen molar-refractivity contribution in [3.8, 4) is 5.75 Å². The highest BCUT2D eigenvalue weighted by Crippen LogP contribution is 2.38. The highest BCUT2D eigenvalue weighted by molar-refractivity contribution is 5.87. The highest BCUT2D eigenvalue weighted by Gasteiger charge is 2.46. The van der Waals surface area contributed by atoms with E-state index in [9.17, 15) is 45.4 Å². The Balaban J connectivity index is 1.91. The number of amides is 2. The minimum Gasteiger partial charge on any atom is -0.465 e. The van der Waals surface area contributed by atoms with Crippen molar-refractivity contribution in [1.29, 1.82) is 0 Å². The van der Waals surface area contributed by atoms with Gasteiger partial charge in [-0.2, -0.15) is 17.6 Å². The lowest BCUT2D eigenvalue weighted by atomic mass is 9.77. The Labute approximate surface area is 229 Å². The van der Waals surface area contributed by atoms with E-state index in [2.05, 4.69) is 10.1 Å². The lowest BCUT2D eigenvalue weighted by Gasteiger charge is -2.38. The van der Waals surface area contributed by atoms with Gasteiger partial charge < -0.3 is 15.2 Å². The van der Waals surface area contributed by atoms with E-state index in [0.717, 1.165) is 24.3 Å². The van der Waals surface area contributed by atoms with Crippen molar-refractivity contribution < 1.29 is 50.2 Å². The predicted octanol–water partition coefficient (Wildman–Crippen LogP) is 5.89. The zero-order chi connectivity index (χ0) is 29.9. The lowest BCUT2D eigenvalue weighted by molar-refractivity contribution is -0.253. The van der Waals surface area contributed by atoms with Crippen LogP contribution in [0.1, 0.15) is 23.1 Å². The number of alkyl halides is 5. The summed E-state index contributed by atoms with van der Waals surface area (Å²) in [6.07, 6.45) is -13.2. The first kappa shape index (κ1) is 29.7. The second-order valence-corrected chi connectivity index (χ2v) is 9.49. The van der Waals surface area contributed by atoms with Crippen LogP contribution in [0.25, 0.3) is 0 Å². The monoisotopic (exact) mass is 584 g/mol. The van der Waals surface area contributed by atoms with Gasteiger partial charge in [-0.15, -0.1) is 0 Å². The van der Waals surface area contributed by atoms with E-state index in [1.54, 1.807) is 30.3 Å². The number of halogens is 7. The molecule has 13 heteroatoms. The van der Waals surface area contributed by atoms with E-state index in [4.69, 9.17) is 0 Å². The van der Waals surface area contributed by atoms with Crippen molar-refractivity contribution >= 4 is 12.0 Å². The van der Waals surface area contributed by atoms with Crippen LogP contribution in [0.4, 0.5) is 35.5 Å². The van der Waals surface area contributed by atoms with Gasteiger partial charge in [0.15, 0.2) is 0 Å². The van der Waals surface area contributed by atoms with E-state index in [-0.39, 0.29) is 17.5 Å². The topological polar surface area (TPSA) is 78.9 Å². The van der Waals surface area contributed by atoms with E-state index >= 15 is 0 Å². The average molecular weight is 584 g/mol. The van der Waals surface area contributed by atoms with Crippen LogP contribution in [0, 0.1) is 11.6 Å². The van der Waals surface area contributed by atoms with Crippen molar-refractivity contribution in [2.45, 2.75) is 43.1 Å². The van der Waals surface area contributed by atoms with Gasteiger partial charge in [-0.1, -0.05) is 42.5 Å². The van der Waals surface area contributed by atoms with Crippen LogP contribution in [0.3, 0.4) is 0 Å². The number of benzene rings is 3. The summed E-state index contributed by atoms with van der Waals surface area (Å²) >= 11 is 0. The third-order valence-corrected chi connectivity index (χ3v) is 6.66. The number of likely N-dealkylation sites (tertiary alicyclic amines) is 1. The Morgan fingerprint density at radius 2 is 1.63 bits per heavy atom. The summed E-state index contributed by atoms with van der Waals surface area (Å²) < 4.78 is 100. The number of rotatable bonds is 9. The fourth-order valence-electron chi connectivity index (χ4n) is 4.80. The van der Waals surface area contributed by atoms with Crippen molar-refractivity contribution in [3.63, 3.8) is 0 Å². The minimum absolute atomic E-state index is 0.0879. The van der Waals surface area contributed by atoms with Crippen LogP contribution < -0.4 is 10.1 Å². The van der Waals surface area contributed by atoms with Crippen LogP contribution in [-0.4, -0.2) is 53.3 Å². The zero-order valence-electron chi connectivity index (χ0n) is 21.0. The number of ether oxygens (including phenoxy) is 1. The van der Waals surface area contributed by atoms with E-state index in [0.29, 0.717) is 16.5 Å². The maximum Gasteiger partial charge on any atom is 0.461 e. The van der Waals surface area contributed by atoms with Crippen LogP contribution in [-0.2, 0) is 16.8 Å². The van der Waals surface area contributed by atoms with Crippen LogP contribution in [0.15, 0.2) is 72.8 Å². The van der Waals surface area contributed by atoms with E-state index < -0.39 is 72.6 Å². The number of carboxylic acid groups (broad SMARTS) is 1. The van der Waals surface area contributed by atoms with E-state index in [1.165, 1.54) is 12.1 Å². The van der Waals surface area contributed by atoms with Gasteiger partial charge in [-0.25, -0.2) is 18.0 Å². The molecule has 1 heterocycles. The minimum atomic E-state index is -4.99. The second kappa shape index (κ2) is 11.7. The molecule has 2 amide bonds. The molecule has 41 heavy (non-hydrogen) atoms. The molecule has 3 atom stereocenters. The summed E-state index contributed by atoms with van der Waals surface area (Å²) in [5, 5.41) is 12.1. The first-order valence-corrected chi connectivity index (χ1v) is 12.2. The third kappa shape index (κ3) is 6.55. The molecule has 1 saturated heterocycles. The number of carbonyl (C=O) groups is 2. The quantitative estimate of drug-likeness (QED) is 0.308. The Kier molecular flexibility index (Phi) is 8.45. The standard InChI is InChI=1S/C28H23F7N2O4/c29-19-8-6-17(7-9-19)27(14-16-4-2-1-3-5-16,36-24(38)23-13-21(31)15-37(23)26(39)40)18-10-20(30)12-22(11-18)41-28(34,35)25(32)33/h1-12,21,23,25H,13-15H2,(H,36,38)(H,39,40). The van der Waals surface area contributed by atoms with Gasteiger partial charge in [0.1, 0.15) is 29.6 Å². The molecular weight excluding hydrogens is 561 g/mol. The molecule has 0 aliphatic carbocycles. The summed E-state index contributed by atoms with van der Waals surface area (Å²) in [6, 6.07) is 13.2. The second-order valence-electron chi connectivity index (χ2n) is 9.49. The summed E-state index contributed by atoms with van der Waals surface area (Å²) in [5.41, 5.74) is -1.64. The predicted molar refractivity (Wildman–Crippen MR) is 131 cm³/mol. The van der Waals surface area contributed by atoms with Gasteiger partial charge >= 0.3 is 18.6 Å². The maximum atomic E-state index is 14.9. The zero-order valence-corrected chi connectivity index (χ0v) is 21.0. The summed E-state index contributed by atoms with van der Waals surface area (Å²) in [7, 11) is 0. The lowest BCUT2D eigenvalue weighted by Crippen LogP contribution is -2.55. The molecule has 4 rings (SSSR count). The summed E-state index contributed by atoms with van der Waals surface area (Å²) in [4.78, 5) is 25.9. The summed E-state index contributed by atoms with van der Waals surface area (Å²) in [6.45, 7) is -0.587. The fraction of sp³-hybridized carbons (Fsp3) is 0.286. The molecule has 0 saturated carbocycles. The number of carbonyl (C=O) groups excluding carboxylic acids is 1. The Hall–Kier alpha value is -4.29. The van der Waals surface area contributed by atoms with Gasteiger partial charge in [-0.3, -0.25) is 9.69 Å². The molecular formula is C28H23F7N2O4. The van der Waals surface area contributed by atoms with Crippen molar-refractivity contribution in [2.75, 3.05) is 6.54 Å². The molecule has 0 radical (unpaired) electrons. The average Bonchev–Trinajstić information content (AvgIpc) is 3.31. The van der Waals surface area contributed by atoms with Crippen LogP contribution >= 0.6 is 0 Å². The van der Waals surface area contributed by atoms with Gasteiger partial charge in [0.2, 0.25) is 5.91 Å². The largest absolute Gasteiger partial charge is 0.465 e. The molecule has 3 aromatic carbocycles. The molecule has 0 bridgehead atoms. The Morgan fingerprint density at radius 1 is 0.976 bits per heavy atom. The molecule has 0 aromatic heterocycles. The van der Waals surface area contributed by atoms with Crippen LogP contribution in [0.5, 0.6) is 5.75 Å². The summed E-state index contributed by atoms with van der Waals surface area (Å²) in [5.74, 6) is -3.91. The van der Waals surface area contributed by atoms with Gasteiger partial charge in [0.25, 0.3) is 0 Å². The molecule has 3 aromatic rings. The SMILES string of the molecule is O=C(NC(Cc1ccccc1)(c1ccc(F)cc1)c1cc(F)cc(OC(F)(F)C(F)F)c1)C1CC(F)CN1C(=O)O. The first-order chi connectivity index (χ1) is 19.3. The molecule has 6 nitrogen and oxygen atoms in total. The van der Waals surface area contributed by atoms with Gasteiger partial charge in [0.05, 0.1) is 12.1 Å². The van der Waals surface area contributed by atoms with Gasteiger partial charge in [0, 0.05) is 18.9 Å². The Bertz CT molecular complexity index is 1390. The molecule has 0 spiro atoms. The molecule has 2 N–H and O–H groups in total. The number of nitrogens with one attached hydrogen (secondary N) is 1. The molecule has 1 fully saturated rings. The van der Waals surface area contributed by atoms with Crippen molar-refractivity contribution in [3.05, 3.63) is 101 Å². The normalized spacial score (nSPS) is 18.7.